The molecule has 0 amide bonds. The van der Waals surface area contributed by atoms with Gasteiger partial charge in [-0.15, -0.1) is 0 Å². The molecule has 2 N–H and O–H groups in total. The molecule has 5 rings (SSSR count). The van der Waals surface area contributed by atoms with Gasteiger partial charge in [0, 0.05) is 33.8 Å². The molecule has 3 aromatic carbocycles. The Balaban J connectivity index is 1.83. The summed E-state index contributed by atoms with van der Waals surface area (Å²) in [6, 6.07) is 15.0. The fourth-order valence-corrected chi connectivity index (χ4v) is 5.39. The first kappa shape index (κ1) is 19.5. The van der Waals surface area contributed by atoms with Crippen molar-refractivity contribution in [1.82, 2.24) is 0 Å². The lowest BCUT2D eigenvalue weighted by atomic mass is 9.68. The van der Waals surface area contributed by atoms with Gasteiger partial charge in [-0.1, -0.05) is 67.4 Å². The number of anilines is 1. The van der Waals surface area contributed by atoms with Crippen LogP contribution in [-0.2, 0) is 4.79 Å². The predicted octanol–water partition coefficient (Wildman–Crippen LogP) is 7.16. The van der Waals surface area contributed by atoms with E-state index in [1.54, 1.807) is 6.07 Å². The first-order valence-corrected chi connectivity index (χ1v) is 10.7. The summed E-state index contributed by atoms with van der Waals surface area (Å²) in [5, 5.41) is 17.1. The Kier molecular flexibility index (Phi) is 4.39. The van der Waals surface area contributed by atoms with Crippen LogP contribution < -0.4 is 5.32 Å². The molecule has 3 nitrogen and oxygen atoms in total. The normalized spacial score (nSPS) is 20.0. The van der Waals surface area contributed by atoms with E-state index in [0.717, 1.165) is 34.0 Å². The standard InChI is InChI=1S/C25H21Cl2NO2/c1-25(2)11-17-21-15-6-4-3-5-13(15)7-8-19(21)28-23(22(17)20(29)12-25)16-9-14(26)10-18(27)24(16)30/h3-10,23,28,30H,11-12H2,1-2H3/t23-/m0/s1. The van der Waals surface area contributed by atoms with Gasteiger partial charge in [0.15, 0.2) is 5.78 Å². The van der Waals surface area contributed by atoms with Crippen molar-refractivity contribution >= 4 is 51.0 Å². The maximum Gasteiger partial charge on any atom is 0.162 e. The molecule has 0 spiro atoms. The van der Waals surface area contributed by atoms with Crippen molar-refractivity contribution in [3.8, 4) is 5.75 Å². The van der Waals surface area contributed by atoms with Crippen molar-refractivity contribution in [1.29, 1.82) is 0 Å². The topological polar surface area (TPSA) is 49.3 Å². The van der Waals surface area contributed by atoms with Crippen LogP contribution in [0.1, 0.15) is 43.9 Å². The largest absolute Gasteiger partial charge is 0.506 e. The molecule has 0 bridgehead atoms. The summed E-state index contributed by atoms with van der Waals surface area (Å²) in [5.74, 6) is 0.0418. The number of phenolic OH excluding ortho intramolecular Hbond substituents is 1. The van der Waals surface area contributed by atoms with Crippen LogP contribution in [0.15, 0.2) is 54.1 Å². The van der Waals surface area contributed by atoms with Gasteiger partial charge in [-0.2, -0.15) is 0 Å². The molecule has 1 heterocycles. The van der Waals surface area contributed by atoms with E-state index in [0.29, 0.717) is 22.6 Å². The SMILES string of the molecule is CC1(C)CC(=O)C2=C(C1)c1c(ccc3ccccc13)N[C@H]2c1cc(Cl)cc(Cl)c1O. The number of rotatable bonds is 1. The average molecular weight is 438 g/mol. The summed E-state index contributed by atoms with van der Waals surface area (Å²) < 4.78 is 0. The van der Waals surface area contributed by atoms with Gasteiger partial charge in [0.2, 0.25) is 0 Å². The molecule has 0 radical (unpaired) electrons. The molecule has 2 aliphatic rings. The van der Waals surface area contributed by atoms with Gasteiger partial charge in [0.05, 0.1) is 11.1 Å². The second-order valence-electron chi connectivity index (χ2n) is 8.95. The minimum absolute atomic E-state index is 0.0488. The number of ketones is 1. The quantitative estimate of drug-likeness (QED) is 0.424. The number of carbonyl (C=O) groups excluding carboxylic acids is 1. The van der Waals surface area contributed by atoms with Crippen LogP contribution in [0.3, 0.4) is 0 Å². The molecule has 1 aliphatic heterocycles. The van der Waals surface area contributed by atoms with Gasteiger partial charge >= 0.3 is 0 Å². The summed E-state index contributed by atoms with van der Waals surface area (Å²) in [4.78, 5) is 13.4. The average Bonchev–Trinajstić information content (AvgIpc) is 2.68. The van der Waals surface area contributed by atoms with Gasteiger partial charge in [-0.25, -0.2) is 0 Å². The van der Waals surface area contributed by atoms with E-state index in [1.807, 2.05) is 18.2 Å². The number of Topliss-reactive ketones (excluding diaryl/α,β-unsaturated/α-hetero) is 1. The molecule has 5 heteroatoms. The summed E-state index contributed by atoms with van der Waals surface area (Å²) in [6.07, 6.45) is 1.24. The van der Waals surface area contributed by atoms with Crippen molar-refractivity contribution < 1.29 is 9.90 Å². The number of phenols is 1. The zero-order chi connectivity index (χ0) is 21.2. The molecular formula is C25H21Cl2NO2. The Morgan fingerprint density at radius 1 is 1.07 bits per heavy atom. The van der Waals surface area contributed by atoms with Crippen LogP contribution in [0, 0.1) is 5.41 Å². The van der Waals surface area contributed by atoms with Crippen LogP contribution in [0.25, 0.3) is 16.3 Å². The van der Waals surface area contributed by atoms with E-state index in [1.165, 1.54) is 6.07 Å². The summed E-state index contributed by atoms with van der Waals surface area (Å²) in [5.41, 5.74) is 4.15. The Hall–Kier alpha value is -2.49. The molecule has 0 unspecified atom stereocenters. The van der Waals surface area contributed by atoms with E-state index in [9.17, 15) is 9.90 Å². The zero-order valence-corrected chi connectivity index (χ0v) is 18.2. The van der Waals surface area contributed by atoms with Crippen molar-refractivity contribution in [2.45, 2.75) is 32.7 Å². The van der Waals surface area contributed by atoms with Crippen LogP contribution in [-0.4, -0.2) is 10.9 Å². The second kappa shape index (κ2) is 6.76. The number of hydrogen-bond donors (Lipinski definition) is 2. The van der Waals surface area contributed by atoms with Crippen LogP contribution >= 0.6 is 23.2 Å². The molecule has 152 valence electrons. The van der Waals surface area contributed by atoms with E-state index in [4.69, 9.17) is 23.2 Å². The van der Waals surface area contributed by atoms with Crippen LogP contribution in [0.4, 0.5) is 5.69 Å². The lowest BCUT2D eigenvalue weighted by Gasteiger charge is -2.40. The van der Waals surface area contributed by atoms with Gasteiger partial charge in [-0.05, 0) is 46.4 Å². The summed E-state index contributed by atoms with van der Waals surface area (Å²) in [6.45, 7) is 4.26. The molecule has 0 saturated heterocycles. The highest BCUT2D eigenvalue weighted by Crippen LogP contribution is 2.53. The van der Waals surface area contributed by atoms with Crippen molar-refractivity contribution in [2.75, 3.05) is 5.32 Å². The number of nitrogens with one attached hydrogen (secondary N) is 1. The van der Waals surface area contributed by atoms with Crippen LogP contribution in [0.2, 0.25) is 10.0 Å². The van der Waals surface area contributed by atoms with E-state index < -0.39 is 6.04 Å². The van der Waals surface area contributed by atoms with E-state index in [-0.39, 0.29) is 22.0 Å². The smallest absolute Gasteiger partial charge is 0.162 e. The van der Waals surface area contributed by atoms with Gasteiger partial charge in [0.25, 0.3) is 0 Å². The Morgan fingerprint density at radius 2 is 1.83 bits per heavy atom. The third-order valence-electron chi connectivity index (χ3n) is 6.11. The fraction of sp³-hybridized carbons (Fsp3) is 0.240. The molecule has 1 atom stereocenters. The molecule has 0 fully saturated rings. The van der Waals surface area contributed by atoms with Crippen molar-refractivity contribution in [2.24, 2.45) is 5.41 Å². The van der Waals surface area contributed by atoms with E-state index in [2.05, 4.69) is 37.4 Å². The first-order chi connectivity index (χ1) is 14.2. The molecule has 1 aliphatic carbocycles. The number of halogens is 2. The van der Waals surface area contributed by atoms with E-state index >= 15 is 0 Å². The summed E-state index contributed by atoms with van der Waals surface area (Å²) in [7, 11) is 0. The minimum Gasteiger partial charge on any atom is -0.506 e. The monoisotopic (exact) mass is 437 g/mol. The highest BCUT2D eigenvalue weighted by molar-refractivity contribution is 6.35. The van der Waals surface area contributed by atoms with Gasteiger partial charge in [-0.3, -0.25) is 4.79 Å². The third-order valence-corrected chi connectivity index (χ3v) is 6.61. The Bertz CT molecular complexity index is 1260. The van der Waals surface area contributed by atoms with Crippen LogP contribution in [0.5, 0.6) is 5.75 Å². The first-order valence-electron chi connectivity index (χ1n) is 9.98. The van der Waals surface area contributed by atoms with Gasteiger partial charge in [0.1, 0.15) is 5.75 Å². The maximum absolute atomic E-state index is 13.4. The summed E-state index contributed by atoms with van der Waals surface area (Å²) >= 11 is 12.5. The lowest BCUT2D eigenvalue weighted by molar-refractivity contribution is -0.118. The Labute approximate surface area is 185 Å². The number of carbonyl (C=O) groups is 1. The Morgan fingerprint density at radius 3 is 2.63 bits per heavy atom. The molecule has 0 aromatic heterocycles. The predicted molar refractivity (Wildman–Crippen MR) is 123 cm³/mol. The minimum atomic E-state index is -0.506. The van der Waals surface area contributed by atoms with Crippen molar-refractivity contribution in [3.05, 3.63) is 75.3 Å². The number of fused-ring (bicyclic) bond motifs is 4. The second-order valence-corrected chi connectivity index (χ2v) is 9.79. The molecule has 3 aromatic rings. The number of hydrogen-bond acceptors (Lipinski definition) is 3. The van der Waals surface area contributed by atoms with Crippen molar-refractivity contribution in [3.63, 3.8) is 0 Å². The fourth-order valence-electron chi connectivity index (χ4n) is 4.88. The third kappa shape index (κ3) is 3.00. The number of allylic oxidation sites excluding steroid dienone is 1. The molecule has 0 saturated carbocycles. The highest BCUT2D eigenvalue weighted by atomic mass is 35.5. The molecule has 30 heavy (non-hydrogen) atoms. The maximum atomic E-state index is 13.4. The zero-order valence-electron chi connectivity index (χ0n) is 16.7. The lowest BCUT2D eigenvalue weighted by Crippen LogP contribution is -2.33. The van der Waals surface area contributed by atoms with Gasteiger partial charge < -0.3 is 10.4 Å². The number of aromatic hydroxyl groups is 1. The molecular weight excluding hydrogens is 417 g/mol. The number of benzene rings is 3. The highest BCUT2D eigenvalue weighted by Gasteiger charge is 2.41.